The molecule has 0 saturated carbocycles. The van der Waals surface area contributed by atoms with Gasteiger partial charge in [0.25, 0.3) is 5.95 Å². The molecule has 78 valence electrons. The minimum absolute atomic E-state index is 0.0715. The van der Waals surface area contributed by atoms with Crippen LogP contribution in [0.5, 0.6) is 5.75 Å². The van der Waals surface area contributed by atoms with Gasteiger partial charge in [-0.15, -0.1) is 0 Å². The third-order valence-electron chi connectivity index (χ3n) is 1.98. The molecule has 0 fully saturated rings. The molecule has 0 bridgehead atoms. The SMILES string of the molecule is COc1c(C)nc(-c2ccoc2)nc1F. The third-order valence-corrected chi connectivity index (χ3v) is 1.98. The Balaban J connectivity index is 2.53. The van der Waals surface area contributed by atoms with E-state index in [0.29, 0.717) is 17.1 Å². The summed E-state index contributed by atoms with van der Waals surface area (Å²) in [7, 11) is 1.38. The third kappa shape index (κ3) is 1.68. The van der Waals surface area contributed by atoms with Crippen molar-refractivity contribution in [1.82, 2.24) is 9.97 Å². The van der Waals surface area contributed by atoms with Crippen LogP contribution in [-0.2, 0) is 0 Å². The molecular weight excluding hydrogens is 199 g/mol. The van der Waals surface area contributed by atoms with Crippen LogP contribution in [0.3, 0.4) is 0 Å². The van der Waals surface area contributed by atoms with Crippen LogP contribution in [0, 0.1) is 12.9 Å². The number of ether oxygens (including phenoxy) is 1. The number of halogens is 1. The average molecular weight is 208 g/mol. The van der Waals surface area contributed by atoms with Crippen molar-refractivity contribution in [3.63, 3.8) is 0 Å². The summed E-state index contributed by atoms with van der Waals surface area (Å²) in [6, 6.07) is 1.67. The summed E-state index contributed by atoms with van der Waals surface area (Å²) in [5.74, 6) is -0.303. The first-order valence-electron chi connectivity index (χ1n) is 4.33. The first-order valence-corrected chi connectivity index (χ1v) is 4.33. The zero-order chi connectivity index (χ0) is 10.8. The Kier molecular flexibility index (Phi) is 2.37. The van der Waals surface area contributed by atoms with Gasteiger partial charge in [0, 0.05) is 0 Å². The molecule has 0 atom stereocenters. The highest BCUT2D eigenvalue weighted by atomic mass is 19.1. The van der Waals surface area contributed by atoms with Crippen molar-refractivity contribution < 1.29 is 13.5 Å². The normalized spacial score (nSPS) is 10.3. The Morgan fingerprint density at radius 2 is 2.20 bits per heavy atom. The average Bonchev–Trinajstić information content (AvgIpc) is 2.69. The standard InChI is InChI=1S/C10H9FN2O2/c1-6-8(14-2)9(11)13-10(12-6)7-3-4-15-5-7/h3-5H,1-2H3. The van der Waals surface area contributed by atoms with E-state index in [4.69, 9.17) is 9.15 Å². The molecule has 0 aliphatic carbocycles. The lowest BCUT2D eigenvalue weighted by molar-refractivity contribution is 0.371. The van der Waals surface area contributed by atoms with Gasteiger partial charge in [0.05, 0.1) is 24.6 Å². The van der Waals surface area contributed by atoms with Crippen molar-refractivity contribution >= 4 is 0 Å². The van der Waals surface area contributed by atoms with E-state index in [1.165, 1.54) is 19.6 Å². The van der Waals surface area contributed by atoms with E-state index in [1.54, 1.807) is 13.0 Å². The van der Waals surface area contributed by atoms with E-state index in [0.717, 1.165) is 0 Å². The molecule has 0 aromatic carbocycles. The van der Waals surface area contributed by atoms with E-state index in [-0.39, 0.29) is 5.75 Å². The van der Waals surface area contributed by atoms with Crippen LogP contribution in [0.4, 0.5) is 4.39 Å². The molecule has 0 aliphatic rings. The van der Waals surface area contributed by atoms with Gasteiger partial charge in [0.2, 0.25) is 0 Å². The summed E-state index contributed by atoms with van der Waals surface area (Å²) in [6.45, 7) is 1.66. The summed E-state index contributed by atoms with van der Waals surface area (Å²) in [4.78, 5) is 7.80. The van der Waals surface area contributed by atoms with Crippen LogP contribution < -0.4 is 4.74 Å². The van der Waals surface area contributed by atoms with Crippen molar-refractivity contribution in [3.05, 3.63) is 30.2 Å². The summed E-state index contributed by atoms with van der Waals surface area (Å²) >= 11 is 0. The first kappa shape index (κ1) is 9.64. The molecule has 2 heterocycles. The van der Waals surface area contributed by atoms with Gasteiger partial charge in [0.15, 0.2) is 11.6 Å². The number of aryl methyl sites for hydroxylation is 1. The second-order valence-corrected chi connectivity index (χ2v) is 2.97. The molecule has 0 saturated heterocycles. The number of aromatic nitrogens is 2. The first-order chi connectivity index (χ1) is 7.22. The van der Waals surface area contributed by atoms with Crippen LogP contribution in [-0.4, -0.2) is 17.1 Å². The van der Waals surface area contributed by atoms with E-state index in [9.17, 15) is 4.39 Å². The van der Waals surface area contributed by atoms with Crippen LogP contribution in [0.2, 0.25) is 0 Å². The van der Waals surface area contributed by atoms with Crippen molar-refractivity contribution in [3.8, 4) is 17.1 Å². The molecule has 0 amide bonds. The number of furan rings is 1. The van der Waals surface area contributed by atoms with Crippen LogP contribution >= 0.6 is 0 Å². The van der Waals surface area contributed by atoms with E-state index in [2.05, 4.69) is 9.97 Å². The minimum Gasteiger partial charge on any atom is -0.490 e. The summed E-state index contributed by atoms with van der Waals surface area (Å²) in [6.07, 6.45) is 2.94. The zero-order valence-electron chi connectivity index (χ0n) is 8.32. The molecule has 5 heteroatoms. The van der Waals surface area contributed by atoms with Gasteiger partial charge in [-0.1, -0.05) is 0 Å². The quantitative estimate of drug-likeness (QED) is 0.710. The molecule has 2 rings (SSSR count). The zero-order valence-corrected chi connectivity index (χ0v) is 8.32. The van der Waals surface area contributed by atoms with Gasteiger partial charge in [-0.2, -0.15) is 9.37 Å². The lowest BCUT2D eigenvalue weighted by Crippen LogP contribution is -2.00. The van der Waals surface area contributed by atoms with E-state index >= 15 is 0 Å². The van der Waals surface area contributed by atoms with E-state index < -0.39 is 5.95 Å². The number of methoxy groups -OCH3 is 1. The highest BCUT2D eigenvalue weighted by Gasteiger charge is 2.13. The highest BCUT2D eigenvalue weighted by Crippen LogP contribution is 2.23. The molecule has 2 aromatic heterocycles. The topological polar surface area (TPSA) is 48.2 Å². The maximum atomic E-state index is 13.4. The van der Waals surface area contributed by atoms with Gasteiger partial charge < -0.3 is 9.15 Å². The van der Waals surface area contributed by atoms with Crippen LogP contribution in [0.15, 0.2) is 23.0 Å². The number of hydrogen-bond acceptors (Lipinski definition) is 4. The van der Waals surface area contributed by atoms with E-state index in [1.807, 2.05) is 0 Å². The number of hydrogen-bond donors (Lipinski definition) is 0. The molecule has 0 unspecified atom stereocenters. The lowest BCUT2D eigenvalue weighted by Gasteiger charge is -2.05. The second-order valence-electron chi connectivity index (χ2n) is 2.97. The Morgan fingerprint density at radius 1 is 1.40 bits per heavy atom. The highest BCUT2D eigenvalue weighted by molar-refractivity contribution is 5.53. The largest absolute Gasteiger partial charge is 0.490 e. The van der Waals surface area contributed by atoms with Gasteiger partial charge in [-0.05, 0) is 13.0 Å². The van der Waals surface area contributed by atoms with Gasteiger partial charge in [-0.25, -0.2) is 4.98 Å². The van der Waals surface area contributed by atoms with Gasteiger partial charge in [-0.3, -0.25) is 0 Å². The summed E-state index contributed by atoms with van der Waals surface area (Å²) in [5.41, 5.74) is 1.10. The smallest absolute Gasteiger partial charge is 0.259 e. The molecule has 0 spiro atoms. The molecule has 0 aliphatic heterocycles. The predicted octanol–water partition coefficient (Wildman–Crippen LogP) is 2.19. The summed E-state index contributed by atoms with van der Waals surface area (Å²) < 4.78 is 23.1. The number of rotatable bonds is 2. The second kappa shape index (κ2) is 3.68. The Bertz CT molecular complexity index is 445. The Labute approximate surface area is 85.7 Å². The molecule has 2 aromatic rings. The van der Waals surface area contributed by atoms with Gasteiger partial charge >= 0.3 is 0 Å². The van der Waals surface area contributed by atoms with Crippen LogP contribution in [0.1, 0.15) is 5.69 Å². The Hall–Kier alpha value is -1.91. The molecule has 15 heavy (non-hydrogen) atoms. The fraction of sp³-hybridized carbons (Fsp3) is 0.200. The van der Waals surface area contributed by atoms with Crippen molar-refractivity contribution in [1.29, 1.82) is 0 Å². The van der Waals surface area contributed by atoms with Crippen LogP contribution in [0.25, 0.3) is 11.4 Å². The molecule has 0 N–H and O–H groups in total. The lowest BCUT2D eigenvalue weighted by atomic mass is 10.3. The predicted molar refractivity (Wildman–Crippen MR) is 51.0 cm³/mol. The Morgan fingerprint density at radius 3 is 2.73 bits per heavy atom. The van der Waals surface area contributed by atoms with Crippen molar-refractivity contribution in [2.24, 2.45) is 0 Å². The molecule has 0 radical (unpaired) electrons. The molecular formula is C10H9FN2O2. The monoisotopic (exact) mass is 208 g/mol. The maximum absolute atomic E-state index is 13.4. The molecule has 4 nitrogen and oxygen atoms in total. The van der Waals surface area contributed by atoms with Crippen molar-refractivity contribution in [2.45, 2.75) is 6.92 Å². The van der Waals surface area contributed by atoms with Gasteiger partial charge in [0.1, 0.15) is 6.26 Å². The minimum atomic E-state index is -0.666. The fourth-order valence-electron chi connectivity index (χ4n) is 1.28. The maximum Gasteiger partial charge on any atom is 0.259 e. The fourth-order valence-corrected chi connectivity index (χ4v) is 1.28. The number of nitrogens with zero attached hydrogens (tertiary/aromatic N) is 2. The summed E-state index contributed by atoms with van der Waals surface area (Å²) in [5, 5.41) is 0. The van der Waals surface area contributed by atoms with Crippen molar-refractivity contribution in [2.75, 3.05) is 7.11 Å².